The summed E-state index contributed by atoms with van der Waals surface area (Å²) < 4.78 is 28.3. The highest BCUT2D eigenvalue weighted by atomic mass is 32.2. The molecule has 0 amide bonds. The van der Waals surface area contributed by atoms with E-state index in [4.69, 9.17) is 10.3 Å². The molecule has 0 aliphatic carbocycles. The van der Waals surface area contributed by atoms with E-state index in [1.54, 1.807) is 12.1 Å². The van der Waals surface area contributed by atoms with Crippen molar-refractivity contribution in [2.45, 2.75) is 30.7 Å². The van der Waals surface area contributed by atoms with Crippen LogP contribution in [0, 0.1) is 0 Å². The Labute approximate surface area is 117 Å². The standard InChI is InChI=1S/C13H17N3O3S/c1-4-13(2,14)12-15-11(19-16-12)9-6-5-7-10(8-9)20(3,17)18/h5-8H,4,14H2,1-3H3. The average molecular weight is 295 g/mol. The topological polar surface area (TPSA) is 99.1 Å². The number of hydrogen-bond acceptors (Lipinski definition) is 6. The smallest absolute Gasteiger partial charge is 0.258 e. The van der Waals surface area contributed by atoms with Crippen LogP contribution in [0.4, 0.5) is 0 Å². The van der Waals surface area contributed by atoms with Crippen LogP contribution in [0.3, 0.4) is 0 Å². The molecule has 1 aromatic carbocycles. The lowest BCUT2D eigenvalue weighted by atomic mass is 10.0. The third kappa shape index (κ3) is 2.88. The predicted molar refractivity (Wildman–Crippen MR) is 74.7 cm³/mol. The minimum atomic E-state index is -3.27. The van der Waals surface area contributed by atoms with Gasteiger partial charge in [0.15, 0.2) is 15.7 Å². The molecule has 7 heteroatoms. The first kappa shape index (κ1) is 14.7. The van der Waals surface area contributed by atoms with Gasteiger partial charge in [-0.15, -0.1) is 0 Å². The fourth-order valence-corrected chi connectivity index (χ4v) is 2.26. The first-order chi connectivity index (χ1) is 9.24. The van der Waals surface area contributed by atoms with E-state index in [2.05, 4.69) is 10.1 Å². The van der Waals surface area contributed by atoms with Crippen LogP contribution in [0.15, 0.2) is 33.7 Å². The lowest BCUT2D eigenvalue weighted by Gasteiger charge is -2.16. The number of rotatable bonds is 4. The monoisotopic (exact) mass is 295 g/mol. The second kappa shape index (κ2) is 4.99. The predicted octanol–water partition coefficient (Wildman–Crippen LogP) is 1.72. The maximum absolute atomic E-state index is 11.5. The van der Waals surface area contributed by atoms with Crippen LogP contribution in [0.2, 0.25) is 0 Å². The minimum Gasteiger partial charge on any atom is -0.334 e. The molecule has 0 radical (unpaired) electrons. The Morgan fingerprint density at radius 1 is 1.40 bits per heavy atom. The Morgan fingerprint density at radius 3 is 2.70 bits per heavy atom. The van der Waals surface area contributed by atoms with Crippen molar-refractivity contribution in [3.8, 4) is 11.5 Å². The molecule has 0 aliphatic heterocycles. The number of benzene rings is 1. The third-order valence-corrected chi connectivity index (χ3v) is 4.29. The molecule has 0 saturated carbocycles. The van der Waals surface area contributed by atoms with E-state index in [1.165, 1.54) is 12.1 Å². The summed E-state index contributed by atoms with van der Waals surface area (Å²) in [6.45, 7) is 3.74. The van der Waals surface area contributed by atoms with E-state index >= 15 is 0 Å². The third-order valence-electron chi connectivity index (χ3n) is 3.18. The Hall–Kier alpha value is -1.73. The van der Waals surface area contributed by atoms with Crippen LogP contribution in [0.25, 0.3) is 11.5 Å². The Morgan fingerprint density at radius 2 is 2.10 bits per heavy atom. The van der Waals surface area contributed by atoms with Crippen molar-refractivity contribution in [1.82, 2.24) is 10.1 Å². The van der Waals surface area contributed by atoms with Crippen LogP contribution in [-0.4, -0.2) is 24.8 Å². The molecule has 0 spiro atoms. The van der Waals surface area contributed by atoms with Gasteiger partial charge in [-0.3, -0.25) is 0 Å². The highest BCUT2D eigenvalue weighted by Gasteiger charge is 2.25. The molecule has 20 heavy (non-hydrogen) atoms. The molecule has 108 valence electrons. The second-order valence-electron chi connectivity index (χ2n) is 4.99. The largest absolute Gasteiger partial charge is 0.334 e. The van der Waals surface area contributed by atoms with Crippen molar-refractivity contribution in [3.63, 3.8) is 0 Å². The van der Waals surface area contributed by atoms with Gasteiger partial charge in [0.25, 0.3) is 5.89 Å². The summed E-state index contributed by atoms with van der Waals surface area (Å²) >= 11 is 0. The van der Waals surface area contributed by atoms with E-state index in [0.717, 1.165) is 6.26 Å². The number of sulfone groups is 1. The fourth-order valence-electron chi connectivity index (χ4n) is 1.59. The van der Waals surface area contributed by atoms with Gasteiger partial charge in [-0.05, 0) is 31.5 Å². The van der Waals surface area contributed by atoms with Gasteiger partial charge in [-0.25, -0.2) is 8.42 Å². The van der Waals surface area contributed by atoms with Gasteiger partial charge in [0, 0.05) is 11.8 Å². The molecule has 0 aliphatic rings. The molecule has 2 aromatic rings. The summed E-state index contributed by atoms with van der Waals surface area (Å²) in [4.78, 5) is 4.46. The van der Waals surface area contributed by atoms with Crippen molar-refractivity contribution < 1.29 is 12.9 Å². The maximum atomic E-state index is 11.5. The Kier molecular flexibility index (Phi) is 3.66. The van der Waals surface area contributed by atoms with Crippen molar-refractivity contribution in [2.75, 3.05) is 6.26 Å². The van der Waals surface area contributed by atoms with Gasteiger partial charge < -0.3 is 10.3 Å². The van der Waals surface area contributed by atoms with Crippen molar-refractivity contribution >= 4 is 9.84 Å². The molecule has 1 atom stereocenters. The van der Waals surface area contributed by atoms with Crippen LogP contribution < -0.4 is 5.73 Å². The normalized spacial score (nSPS) is 15.0. The van der Waals surface area contributed by atoms with E-state index < -0.39 is 15.4 Å². The zero-order chi connectivity index (χ0) is 15.0. The molecular formula is C13H17N3O3S. The number of hydrogen-bond donors (Lipinski definition) is 1. The Balaban J connectivity index is 2.43. The number of aromatic nitrogens is 2. The summed E-state index contributed by atoms with van der Waals surface area (Å²) in [7, 11) is -3.27. The number of nitrogens with zero attached hydrogens (tertiary/aromatic N) is 2. The van der Waals surface area contributed by atoms with E-state index in [1.807, 2.05) is 13.8 Å². The lowest BCUT2D eigenvalue weighted by Crippen LogP contribution is -2.33. The molecule has 0 bridgehead atoms. The van der Waals surface area contributed by atoms with Crippen molar-refractivity contribution in [2.24, 2.45) is 5.73 Å². The fraction of sp³-hybridized carbons (Fsp3) is 0.385. The van der Waals surface area contributed by atoms with Gasteiger partial charge in [-0.2, -0.15) is 4.98 Å². The van der Waals surface area contributed by atoms with Crippen LogP contribution in [0.1, 0.15) is 26.1 Å². The highest BCUT2D eigenvalue weighted by Crippen LogP contribution is 2.24. The van der Waals surface area contributed by atoms with Gasteiger partial charge >= 0.3 is 0 Å². The summed E-state index contributed by atoms with van der Waals surface area (Å²) in [5.41, 5.74) is 5.93. The zero-order valence-electron chi connectivity index (χ0n) is 11.6. The van der Waals surface area contributed by atoms with Crippen LogP contribution in [0.5, 0.6) is 0 Å². The first-order valence-corrected chi connectivity index (χ1v) is 8.07. The van der Waals surface area contributed by atoms with Gasteiger partial charge in [-0.1, -0.05) is 18.1 Å². The molecule has 1 unspecified atom stereocenters. The van der Waals surface area contributed by atoms with Crippen LogP contribution in [-0.2, 0) is 15.4 Å². The van der Waals surface area contributed by atoms with Gasteiger partial charge in [0.1, 0.15) is 0 Å². The van der Waals surface area contributed by atoms with Crippen molar-refractivity contribution in [1.29, 1.82) is 0 Å². The van der Waals surface area contributed by atoms with Gasteiger partial charge in [0.2, 0.25) is 0 Å². The van der Waals surface area contributed by atoms with E-state index in [9.17, 15) is 8.42 Å². The summed E-state index contributed by atoms with van der Waals surface area (Å²) in [5, 5.41) is 3.87. The molecule has 0 saturated heterocycles. The zero-order valence-corrected chi connectivity index (χ0v) is 12.4. The van der Waals surface area contributed by atoms with Gasteiger partial charge in [0.05, 0.1) is 10.4 Å². The van der Waals surface area contributed by atoms with E-state index in [-0.39, 0.29) is 10.8 Å². The quantitative estimate of drug-likeness (QED) is 0.922. The SMILES string of the molecule is CCC(C)(N)c1noc(-c2cccc(S(C)(=O)=O)c2)n1. The number of nitrogens with two attached hydrogens (primary N) is 1. The molecule has 2 rings (SSSR count). The first-order valence-electron chi connectivity index (χ1n) is 6.17. The Bertz CT molecular complexity index is 720. The van der Waals surface area contributed by atoms with Crippen LogP contribution >= 0.6 is 0 Å². The second-order valence-corrected chi connectivity index (χ2v) is 7.01. The molecule has 2 N–H and O–H groups in total. The maximum Gasteiger partial charge on any atom is 0.258 e. The van der Waals surface area contributed by atoms with E-state index in [0.29, 0.717) is 17.8 Å². The summed E-state index contributed by atoms with van der Waals surface area (Å²) in [5.74, 6) is 0.662. The molecule has 1 heterocycles. The molecule has 6 nitrogen and oxygen atoms in total. The molecule has 0 fully saturated rings. The summed E-state index contributed by atoms with van der Waals surface area (Å²) in [6, 6.07) is 6.38. The molecular weight excluding hydrogens is 278 g/mol. The highest BCUT2D eigenvalue weighted by molar-refractivity contribution is 7.90. The average Bonchev–Trinajstić information content (AvgIpc) is 2.88. The minimum absolute atomic E-state index is 0.209. The van der Waals surface area contributed by atoms with Crippen molar-refractivity contribution in [3.05, 3.63) is 30.1 Å². The summed E-state index contributed by atoms with van der Waals surface area (Å²) in [6.07, 6.45) is 1.81. The molecule has 1 aromatic heterocycles. The lowest BCUT2D eigenvalue weighted by molar-refractivity contribution is 0.379.